The summed E-state index contributed by atoms with van der Waals surface area (Å²) in [6.07, 6.45) is 10.2. The molecule has 2 aromatic rings. The Bertz CT molecular complexity index is 1760. The number of ether oxygens (including phenoxy) is 2. The number of hydrogen-bond acceptors (Lipinski definition) is 8. The summed E-state index contributed by atoms with van der Waals surface area (Å²) in [6.45, 7) is 16.6. The summed E-state index contributed by atoms with van der Waals surface area (Å²) in [7, 11) is -3.95. The second-order valence-electron chi connectivity index (χ2n) is 16.1. The SMILES string of the molecule is CCO[C@]1(CN2CCN(CC)CC2)/C=C\C[C@H](C)[C@@H](C)S(=O)(=O)NC(=O)c2ccc3c(c2)N(C[C@@H]2CC[C@H]21)C[C@@]1(CCCc2cc(Cl)ccc21)CO3. The van der Waals surface area contributed by atoms with Crippen LogP contribution in [0.15, 0.2) is 48.6 Å². The molecule has 2 fully saturated rings. The minimum Gasteiger partial charge on any atom is -0.490 e. The van der Waals surface area contributed by atoms with Crippen molar-refractivity contribution in [2.75, 3.05) is 70.5 Å². The first kappa shape index (κ1) is 37.7. The first-order chi connectivity index (χ1) is 25.0. The van der Waals surface area contributed by atoms with Gasteiger partial charge in [-0.25, -0.2) is 13.1 Å². The van der Waals surface area contributed by atoms with Gasteiger partial charge in [-0.1, -0.05) is 43.7 Å². The number of carbonyl (C=O) groups excluding carboxylic acids is 1. The molecule has 9 nitrogen and oxygen atoms in total. The summed E-state index contributed by atoms with van der Waals surface area (Å²) in [5.41, 5.74) is 2.97. The number of nitrogens with zero attached hydrogens (tertiary/aromatic N) is 3. The lowest BCUT2D eigenvalue weighted by Gasteiger charge is -2.52. The zero-order chi connectivity index (χ0) is 36.7. The number of sulfonamides is 1. The van der Waals surface area contributed by atoms with Gasteiger partial charge in [0.15, 0.2) is 0 Å². The first-order valence-electron chi connectivity index (χ1n) is 19.6. The van der Waals surface area contributed by atoms with Crippen molar-refractivity contribution < 1.29 is 22.7 Å². The van der Waals surface area contributed by atoms with E-state index < -0.39 is 26.8 Å². The number of rotatable bonds is 5. The molecule has 1 saturated carbocycles. The maximum absolute atomic E-state index is 13.7. The largest absolute Gasteiger partial charge is 0.490 e. The van der Waals surface area contributed by atoms with Crippen LogP contribution in [0.3, 0.4) is 0 Å². The van der Waals surface area contributed by atoms with Gasteiger partial charge in [-0.15, -0.1) is 0 Å². The minimum atomic E-state index is -3.95. The number of amides is 1. The van der Waals surface area contributed by atoms with Crippen LogP contribution in [0.4, 0.5) is 5.69 Å². The number of anilines is 1. The van der Waals surface area contributed by atoms with Crippen molar-refractivity contribution in [3.8, 4) is 5.75 Å². The van der Waals surface area contributed by atoms with Crippen LogP contribution in [-0.4, -0.2) is 101 Å². The van der Waals surface area contributed by atoms with Crippen LogP contribution < -0.4 is 14.4 Å². The van der Waals surface area contributed by atoms with Crippen LogP contribution in [0, 0.1) is 17.8 Å². The molecule has 0 unspecified atom stereocenters. The quantitative estimate of drug-likeness (QED) is 0.357. The Morgan fingerprint density at radius 3 is 2.56 bits per heavy atom. The molecular weight excluding hydrogens is 696 g/mol. The van der Waals surface area contributed by atoms with Crippen molar-refractivity contribution >= 4 is 33.2 Å². The molecule has 1 saturated heterocycles. The van der Waals surface area contributed by atoms with Gasteiger partial charge in [-0.05, 0) is 118 Å². The number of hydrogen-bond donors (Lipinski definition) is 1. The number of aryl methyl sites for hydroxylation is 1. The minimum absolute atomic E-state index is 0.209. The highest BCUT2D eigenvalue weighted by molar-refractivity contribution is 7.90. The van der Waals surface area contributed by atoms with E-state index in [-0.39, 0.29) is 17.3 Å². The molecule has 2 bridgehead atoms. The Hall–Kier alpha value is -2.63. The van der Waals surface area contributed by atoms with Crippen LogP contribution in [0.2, 0.25) is 5.02 Å². The highest BCUT2D eigenvalue weighted by atomic mass is 35.5. The lowest BCUT2D eigenvalue weighted by atomic mass is 9.63. The molecule has 0 aromatic heterocycles. The van der Waals surface area contributed by atoms with Gasteiger partial charge in [-0.3, -0.25) is 9.69 Å². The zero-order valence-corrected chi connectivity index (χ0v) is 33.0. The number of allylic oxidation sites excluding steroid dienone is 1. The number of carbonyl (C=O) groups is 1. The van der Waals surface area contributed by atoms with Gasteiger partial charge >= 0.3 is 0 Å². The Balaban J connectivity index is 1.31. The molecule has 2 aliphatic carbocycles. The highest BCUT2D eigenvalue weighted by Crippen LogP contribution is 2.49. The predicted molar refractivity (Wildman–Crippen MR) is 208 cm³/mol. The topological polar surface area (TPSA) is 91.4 Å². The summed E-state index contributed by atoms with van der Waals surface area (Å²) in [6, 6.07) is 11.7. The van der Waals surface area contributed by atoms with Gasteiger partial charge in [-0.2, -0.15) is 0 Å². The van der Waals surface area contributed by atoms with E-state index in [0.29, 0.717) is 31.1 Å². The molecule has 3 heterocycles. The van der Waals surface area contributed by atoms with Crippen molar-refractivity contribution in [1.82, 2.24) is 14.5 Å². The number of piperazine rings is 1. The standard InChI is InChI=1S/C41H57ClN4O5S/c1-5-44-19-21-45(22-20-44)27-41(51-6-2)18-7-9-29(3)30(4)52(48,49)43-39(47)32-12-16-38-37(24-32)46(25-33-11-14-36(33)41)26-40(28-50-38)17-8-10-31-23-34(42)13-15-35(31)40/h7,12-13,15-16,18,23-24,29-30,33,36H,5-6,8-11,14,17,19-22,25-28H2,1-4H3,(H,43,47)/b18-7-/t29-,30+,33-,36+,40-,41-/m0/s1. The maximum Gasteiger partial charge on any atom is 0.264 e. The summed E-state index contributed by atoms with van der Waals surface area (Å²) in [5, 5.41) is -0.0174. The molecule has 52 heavy (non-hydrogen) atoms. The van der Waals surface area contributed by atoms with Crippen LogP contribution >= 0.6 is 11.6 Å². The van der Waals surface area contributed by atoms with Crippen molar-refractivity contribution in [3.63, 3.8) is 0 Å². The van der Waals surface area contributed by atoms with Gasteiger partial charge in [0.25, 0.3) is 5.91 Å². The van der Waals surface area contributed by atoms with Gasteiger partial charge < -0.3 is 19.3 Å². The van der Waals surface area contributed by atoms with Crippen LogP contribution in [0.1, 0.15) is 81.3 Å². The third-order valence-electron chi connectivity index (χ3n) is 13.0. The van der Waals surface area contributed by atoms with E-state index in [9.17, 15) is 13.2 Å². The van der Waals surface area contributed by atoms with Crippen LogP contribution in [0.25, 0.3) is 0 Å². The van der Waals surface area contributed by atoms with Crippen LogP contribution in [-0.2, 0) is 26.6 Å². The number of likely N-dealkylation sites (N-methyl/N-ethyl adjacent to an activating group) is 1. The van der Waals surface area contributed by atoms with E-state index in [2.05, 4.69) is 57.6 Å². The molecule has 7 rings (SSSR count). The molecule has 1 amide bonds. The van der Waals surface area contributed by atoms with Gasteiger partial charge in [0.1, 0.15) is 11.4 Å². The van der Waals surface area contributed by atoms with E-state index >= 15 is 0 Å². The first-order valence-corrected chi connectivity index (χ1v) is 21.5. The number of halogens is 1. The molecular formula is C41H57ClN4O5S. The predicted octanol–water partition coefficient (Wildman–Crippen LogP) is 6.30. The lowest BCUT2D eigenvalue weighted by Crippen LogP contribution is -2.59. The normalized spacial score (nSPS) is 33.2. The third-order valence-corrected chi connectivity index (χ3v) is 15.2. The molecule has 0 radical (unpaired) electrons. The fourth-order valence-corrected chi connectivity index (χ4v) is 11.1. The van der Waals surface area contributed by atoms with E-state index in [1.807, 2.05) is 25.1 Å². The number of benzene rings is 2. The Morgan fingerprint density at radius 2 is 1.83 bits per heavy atom. The average molecular weight is 753 g/mol. The molecule has 2 aromatic carbocycles. The van der Waals surface area contributed by atoms with Gasteiger partial charge in [0, 0.05) is 68.4 Å². The number of nitrogens with one attached hydrogen (secondary N) is 1. The van der Waals surface area contributed by atoms with E-state index in [1.165, 1.54) is 11.1 Å². The highest BCUT2D eigenvalue weighted by Gasteiger charge is 2.50. The Kier molecular flexibility index (Phi) is 11.0. The summed E-state index contributed by atoms with van der Waals surface area (Å²) in [5.74, 6) is 0.540. The fourth-order valence-electron chi connectivity index (χ4n) is 9.61. The lowest BCUT2D eigenvalue weighted by molar-refractivity contribution is -0.112. The van der Waals surface area contributed by atoms with Gasteiger partial charge in [0.2, 0.25) is 10.0 Å². The van der Waals surface area contributed by atoms with Crippen molar-refractivity contribution in [1.29, 1.82) is 0 Å². The molecule has 6 atom stereocenters. The number of fused-ring (bicyclic) bond motifs is 4. The van der Waals surface area contributed by atoms with E-state index in [1.54, 1.807) is 13.0 Å². The monoisotopic (exact) mass is 752 g/mol. The second kappa shape index (κ2) is 15.2. The van der Waals surface area contributed by atoms with E-state index in [0.717, 1.165) is 101 Å². The molecule has 3 aliphatic heterocycles. The summed E-state index contributed by atoms with van der Waals surface area (Å²) >= 11 is 6.51. The van der Waals surface area contributed by atoms with Crippen LogP contribution in [0.5, 0.6) is 5.75 Å². The molecule has 11 heteroatoms. The molecule has 1 N–H and O–H groups in total. The second-order valence-corrected chi connectivity index (χ2v) is 18.6. The van der Waals surface area contributed by atoms with Crippen molar-refractivity contribution in [2.45, 2.75) is 82.5 Å². The van der Waals surface area contributed by atoms with Gasteiger partial charge in [0.05, 0.1) is 17.5 Å². The average Bonchev–Trinajstić information content (AvgIpc) is 3.26. The van der Waals surface area contributed by atoms with Crippen molar-refractivity contribution in [3.05, 3.63) is 70.3 Å². The van der Waals surface area contributed by atoms with E-state index in [4.69, 9.17) is 21.1 Å². The maximum atomic E-state index is 13.7. The smallest absolute Gasteiger partial charge is 0.264 e. The summed E-state index contributed by atoms with van der Waals surface area (Å²) < 4.78 is 43.3. The Labute approximate surface area is 316 Å². The van der Waals surface area contributed by atoms with Crippen molar-refractivity contribution in [2.24, 2.45) is 17.8 Å². The zero-order valence-electron chi connectivity index (χ0n) is 31.4. The Morgan fingerprint density at radius 1 is 1.04 bits per heavy atom. The molecule has 284 valence electrons. The third kappa shape index (κ3) is 7.39. The summed E-state index contributed by atoms with van der Waals surface area (Å²) in [4.78, 5) is 21.2. The fraction of sp³-hybridized carbons (Fsp3) is 0.634. The molecule has 5 aliphatic rings. The molecule has 1 spiro atoms.